The van der Waals surface area contributed by atoms with Gasteiger partial charge < -0.3 is 14.4 Å². The molecule has 1 aromatic heterocycles. The van der Waals surface area contributed by atoms with Gasteiger partial charge >= 0.3 is 6.18 Å². The third-order valence-corrected chi connectivity index (χ3v) is 7.48. The highest BCUT2D eigenvalue weighted by atomic mass is 32.2. The molecule has 1 amide bonds. The number of alkyl halides is 3. The van der Waals surface area contributed by atoms with Crippen LogP contribution in [0.5, 0.6) is 0 Å². The summed E-state index contributed by atoms with van der Waals surface area (Å²) in [5.41, 5.74) is -9.02. The lowest BCUT2D eigenvalue weighted by molar-refractivity contribution is -0.137. The maximum atomic E-state index is 14.8. The Balaban J connectivity index is 1.74. The number of carbonyl (C=O) groups excluding carboxylic acids is 1. The molecule has 0 spiro atoms. The van der Waals surface area contributed by atoms with E-state index in [4.69, 9.17) is 30.2 Å². The molecule has 47 heavy (non-hydrogen) atoms. The number of thioether (sulfide) groups is 1. The Morgan fingerprint density at radius 2 is 1.57 bits per heavy atom. The lowest BCUT2D eigenvalue weighted by Gasteiger charge is -2.28. The molecule has 0 atom stereocenters. The Morgan fingerprint density at radius 1 is 0.957 bits per heavy atom. The van der Waals surface area contributed by atoms with E-state index >= 15 is 0 Å². The number of benzene rings is 3. The van der Waals surface area contributed by atoms with Gasteiger partial charge in [-0.2, -0.15) is 18.2 Å². The van der Waals surface area contributed by atoms with Crippen molar-refractivity contribution >= 4 is 17.7 Å². The summed E-state index contributed by atoms with van der Waals surface area (Å²) >= 11 is 0.334. The summed E-state index contributed by atoms with van der Waals surface area (Å²) in [5, 5.41) is -0.730. The highest BCUT2D eigenvalue weighted by Gasteiger charge is 2.30. The zero-order chi connectivity index (χ0) is 53.0. The van der Waals surface area contributed by atoms with Crippen molar-refractivity contribution in [3.05, 3.63) is 117 Å². The van der Waals surface area contributed by atoms with Crippen LogP contribution in [0.1, 0.15) is 78.3 Å². The number of hydrogen-bond acceptors (Lipinski definition) is 5. The van der Waals surface area contributed by atoms with Crippen LogP contribution in [0.15, 0.2) is 82.5 Å². The van der Waals surface area contributed by atoms with Crippen LogP contribution in [-0.4, -0.2) is 51.3 Å². The molecule has 0 saturated carbocycles. The first-order valence-electron chi connectivity index (χ1n) is 24.5. The van der Waals surface area contributed by atoms with E-state index in [1.165, 1.54) is 0 Å². The van der Waals surface area contributed by atoms with Crippen molar-refractivity contribution < 1.29 is 52.5 Å². The van der Waals surface area contributed by atoms with Crippen LogP contribution in [-0.2, 0) is 42.6 Å². The highest BCUT2D eigenvalue weighted by Crippen LogP contribution is 2.31. The first-order chi connectivity index (χ1) is 31.2. The predicted octanol–water partition coefficient (Wildman–Crippen LogP) is 7.22. The van der Waals surface area contributed by atoms with Gasteiger partial charge in [-0.1, -0.05) is 73.9 Å². The Bertz CT molecular complexity index is 2750. The normalized spacial score (nSPS) is 23.4. The fraction of sp³-hybridized carbons (Fsp3) is 0.361. The van der Waals surface area contributed by atoms with Gasteiger partial charge in [0.1, 0.15) is 12.4 Å². The summed E-state index contributed by atoms with van der Waals surface area (Å²) in [5.74, 6) is -3.54. The summed E-state index contributed by atoms with van der Waals surface area (Å²) in [4.78, 5) is 33.4. The van der Waals surface area contributed by atoms with Crippen molar-refractivity contribution in [3.63, 3.8) is 0 Å². The van der Waals surface area contributed by atoms with Crippen molar-refractivity contribution in [1.29, 1.82) is 0 Å². The van der Waals surface area contributed by atoms with Crippen LogP contribution in [0, 0.1) is 5.82 Å². The van der Waals surface area contributed by atoms with Crippen LogP contribution in [0.4, 0.5) is 17.6 Å². The molecule has 6 nitrogen and oxygen atoms in total. The van der Waals surface area contributed by atoms with Crippen molar-refractivity contribution in [2.24, 2.45) is 0 Å². The number of halogens is 4. The Morgan fingerprint density at radius 3 is 2.19 bits per heavy atom. The molecule has 4 aromatic rings. The number of carbonyl (C=O) groups is 1. The standard InChI is InChI=1S/C36H38F4N4O2S/c1-3-42(4-2)20-21-43(22-25-8-12-27(13-9-25)28-14-16-29(17-15-28)36(38,39)40)33(45)23-44-32-7-5-6-31(32)34(46)41-35(44)47-24-26-10-18-30(37)19-11-26/h8-19H,3-7,20-24H2,1-2H3/i3D2,4D2,5D2,6D2,7D2,8D,9D,10D,11D,12D,13D,14D,15D,16D,17D,18D,19D. The topological polar surface area (TPSA) is 58.4 Å². The molecule has 1 heterocycles. The smallest absolute Gasteiger partial charge is 0.336 e. The van der Waals surface area contributed by atoms with E-state index in [0.29, 0.717) is 26.1 Å². The van der Waals surface area contributed by atoms with Crippen LogP contribution in [0.3, 0.4) is 0 Å². The van der Waals surface area contributed by atoms with E-state index in [-0.39, 0.29) is 0 Å². The summed E-state index contributed by atoms with van der Waals surface area (Å²) < 4.78 is 241. The number of fused-ring (bicyclic) bond motifs is 1. The first kappa shape index (κ1) is 16.0. The molecule has 0 N–H and O–H groups in total. The summed E-state index contributed by atoms with van der Waals surface area (Å²) in [6.45, 7) is -6.96. The summed E-state index contributed by atoms with van der Waals surface area (Å²) in [6.07, 6.45) is -15.9. The monoisotopic (exact) mass is 688 g/mol. The molecule has 1 aliphatic rings. The Kier molecular flexibility index (Phi) is 5.19. The zero-order valence-corrected chi connectivity index (χ0v) is 25.4. The van der Waals surface area contributed by atoms with Crippen LogP contribution in [0.25, 0.3) is 11.1 Å². The molecule has 1 aliphatic carbocycles. The van der Waals surface area contributed by atoms with Gasteiger partial charge in [-0.15, -0.1) is 0 Å². The van der Waals surface area contributed by atoms with E-state index in [1.807, 2.05) is 0 Å². The van der Waals surface area contributed by atoms with Gasteiger partial charge in [0.2, 0.25) is 5.91 Å². The van der Waals surface area contributed by atoms with Gasteiger partial charge in [0, 0.05) is 50.4 Å². The second kappa shape index (κ2) is 15.3. The number of nitrogens with zero attached hydrogens (tertiary/aromatic N) is 4. The van der Waals surface area contributed by atoms with Crippen LogP contribution < -0.4 is 5.56 Å². The van der Waals surface area contributed by atoms with Gasteiger partial charge in [-0.05, 0) is 78.5 Å². The first-order valence-corrected chi connectivity index (χ1v) is 14.5. The van der Waals surface area contributed by atoms with Crippen molar-refractivity contribution in [3.8, 4) is 11.1 Å². The minimum atomic E-state index is -5.39. The third-order valence-electron chi connectivity index (χ3n) is 6.47. The summed E-state index contributed by atoms with van der Waals surface area (Å²) in [7, 11) is 0. The van der Waals surface area contributed by atoms with Crippen molar-refractivity contribution in [2.45, 2.75) is 63.1 Å². The molecule has 0 radical (unpaired) electrons. The van der Waals surface area contributed by atoms with E-state index < -0.39 is 204 Å². The second-order valence-corrected chi connectivity index (χ2v) is 10.4. The van der Waals surface area contributed by atoms with E-state index in [9.17, 15) is 27.2 Å². The molecule has 0 saturated heterocycles. The Hall–Kier alpha value is -3.96. The van der Waals surface area contributed by atoms with E-state index in [2.05, 4.69) is 4.98 Å². The molecule has 248 valence electrons. The third kappa shape index (κ3) is 8.70. The number of likely N-dealkylation sites (N-methyl/N-ethyl adjacent to an activating group) is 1. The van der Waals surface area contributed by atoms with Gasteiger partial charge in [0.25, 0.3) is 5.56 Å². The molecular weight excluding hydrogens is 628 g/mol. The number of amides is 1. The van der Waals surface area contributed by atoms with Crippen LogP contribution in [0.2, 0.25) is 0 Å². The van der Waals surface area contributed by atoms with Gasteiger partial charge in [0.05, 0.1) is 22.0 Å². The molecule has 0 unspecified atom stereocenters. The SMILES string of the molecule is [2H]c1c([2H])c(CSc2nc(=O)c3c(n2CC(=O)N(CCN(C([2H])([2H])C)C([2H])([2H])C)Cc2c([2H])c([2H])c(-c4c([2H])c([2H])c(C(F)(F)F)c([2H])c4[2H])c([2H])c2[2H])C([2H])([2H])C([2H])([2H])C3([2H])[2H])c([2H])c([2H])c1F. The van der Waals surface area contributed by atoms with E-state index in [0.717, 1.165) is 13.8 Å². The van der Waals surface area contributed by atoms with Crippen LogP contribution >= 0.6 is 11.8 Å². The number of aromatic nitrogens is 2. The van der Waals surface area contributed by atoms with Crippen molar-refractivity contribution in [2.75, 3.05) is 26.1 Å². The van der Waals surface area contributed by atoms with E-state index in [1.54, 1.807) is 0 Å². The largest absolute Gasteiger partial charge is 0.416 e. The van der Waals surface area contributed by atoms with Gasteiger partial charge in [-0.25, -0.2) is 4.39 Å². The molecular formula is C36H38F4N4O2S. The predicted molar refractivity (Wildman–Crippen MR) is 177 cm³/mol. The number of hydrogen-bond donors (Lipinski definition) is 0. The molecule has 0 aliphatic heterocycles. The van der Waals surface area contributed by atoms with Gasteiger partial charge in [0.15, 0.2) is 5.16 Å². The van der Waals surface area contributed by atoms with Crippen molar-refractivity contribution in [1.82, 2.24) is 19.4 Å². The second-order valence-electron chi connectivity index (χ2n) is 9.48. The van der Waals surface area contributed by atoms with Gasteiger partial charge in [-0.3, -0.25) is 9.59 Å². The Labute approximate surface area is 307 Å². The number of rotatable bonds is 13. The maximum Gasteiger partial charge on any atom is 0.416 e. The molecule has 0 fully saturated rings. The average Bonchev–Trinajstić information content (AvgIpc) is 3.32. The maximum absolute atomic E-state index is 14.8. The summed E-state index contributed by atoms with van der Waals surface area (Å²) in [6, 6.07) is -14.3. The lowest BCUT2D eigenvalue weighted by atomic mass is 10.0. The molecule has 0 bridgehead atoms. The molecule has 11 heteroatoms. The lowest BCUT2D eigenvalue weighted by Crippen LogP contribution is -2.40. The highest BCUT2D eigenvalue weighted by molar-refractivity contribution is 7.98. The molecule has 3 aromatic carbocycles. The molecule has 5 rings (SSSR count). The minimum Gasteiger partial charge on any atom is -0.336 e. The quantitative estimate of drug-likeness (QED) is 0.0844. The fourth-order valence-electron chi connectivity index (χ4n) is 4.12. The average molecular weight is 689 g/mol. The minimum absolute atomic E-state index is 0.334. The zero-order valence-electron chi connectivity index (χ0n) is 46.6. The fourth-order valence-corrected chi connectivity index (χ4v) is 4.99.